The average Bonchev–Trinajstić information content (AvgIpc) is 2.80. The molecule has 1 saturated heterocycles. The zero-order chi connectivity index (χ0) is 24.8. The third kappa shape index (κ3) is 6.69. The average molecular weight is 485 g/mol. The van der Waals surface area contributed by atoms with Gasteiger partial charge in [-0.05, 0) is 37.6 Å². The van der Waals surface area contributed by atoms with Crippen LogP contribution in [-0.2, 0) is 14.3 Å². The highest BCUT2D eigenvalue weighted by Gasteiger charge is 2.29. The van der Waals surface area contributed by atoms with Crippen LogP contribution in [0.5, 0.6) is 0 Å². The number of carbonyl (C=O) groups is 2. The number of carbonyl (C=O) groups excluding carboxylic acids is 2. The normalized spacial score (nSPS) is 14.9. The molecule has 1 atom stereocenters. The lowest BCUT2D eigenvalue weighted by atomic mass is 10.2. The number of aryl methyl sites for hydroxylation is 2. The van der Waals surface area contributed by atoms with E-state index in [1.54, 1.807) is 30.5 Å². The van der Waals surface area contributed by atoms with E-state index in [0.717, 1.165) is 0 Å². The molecule has 1 unspecified atom stereocenters. The lowest BCUT2D eigenvalue weighted by Gasteiger charge is -2.37. The van der Waals surface area contributed by atoms with Gasteiger partial charge in [-0.2, -0.15) is 0 Å². The van der Waals surface area contributed by atoms with Gasteiger partial charge in [-0.15, -0.1) is 0 Å². The largest absolute Gasteiger partial charge is 0.425 e. The molecule has 1 amide bonds. The number of hydrogen-bond acceptors (Lipinski definition) is 6. The predicted octanol–water partition coefficient (Wildman–Crippen LogP) is 5.89. The van der Waals surface area contributed by atoms with E-state index < -0.39 is 12.4 Å². The molecule has 3 rings (SSSR count). The molecule has 2 aromatic rings. The second-order valence-corrected chi connectivity index (χ2v) is 10.5. The lowest BCUT2D eigenvalue weighted by Crippen LogP contribution is -2.50. The molecule has 2 aromatic carbocycles. The minimum atomic E-state index is -0.879. The predicted molar refractivity (Wildman–Crippen MR) is 136 cm³/mol. The molecule has 0 N–H and O–H groups in total. The Morgan fingerprint density at radius 2 is 1.56 bits per heavy atom. The van der Waals surface area contributed by atoms with Crippen LogP contribution in [0.15, 0.2) is 52.3 Å². The van der Waals surface area contributed by atoms with E-state index in [2.05, 4.69) is 61.2 Å². The highest BCUT2D eigenvalue weighted by molar-refractivity contribution is 7.99. The van der Waals surface area contributed by atoms with Crippen LogP contribution in [0.2, 0.25) is 0 Å². The number of hydrogen-bond donors (Lipinski definition) is 0. The number of amides is 1. The lowest BCUT2D eigenvalue weighted by molar-refractivity contribution is -0.180. The van der Waals surface area contributed by atoms with Crippen molar-refractivity contribution in [3.05, 3.63) is 53.6 Å². The minimum absolute atomic E-state index is 0.123. The first kappa shape index (κ1) is 25.9. The van der Waals surface area contributed by atoms with Crippen LogP contribution in [0.1, 0.15) is 38.8 Å². The Bertz CT molecular complexity index is 1000. The monoisotopic (exact) mass is 484 g/mol. The summed E-state index contributed by atoms with van der Waals surface area (Å²) in [5, 5.41) is 0. The van der Waals surface area contributed by atoms with Gasteiger partial charge in [0.05, 0.1) is 11.6 Å². The van der Waals surface area contributed by atoms with Crippen LogP contribution in [-0.4, -0.2) is 49.4 Å². The zero-order valence-corrected chi connectivity index (χ0v) is 21.9. The Hall–Kier alpha value is -2.67. The fourth-order valence-corrected chi connectivity index (χ4v) is 4.73. The third-order valence-corrected chi connectivity index (χ3v) is 7.00. The van der Waals surface area contributed by atoms with Crippen LogP contribution in [0, 0.1) is 25.7 Å². The molecule has 0 bridgehead atoms. The first-order chi connectivity index (χ1) is 16.2. The SMILES string of the molecule is Cc1ccc(Sc2ccccc2N2CCN(C(=O)OC(OC(=O)C(C)C)C(C)C)CC2)c(C)c1. The first-order valence-corrected chi connectivity index (χ1v) is 12.7. The molecule has 0 spiro atoms. The fourth-order valence-electron chi connectivity index (χ4n) is 3.69. The summed E-state index contributed by atoms with van der Waals surface area (Å²) in [6.45, 7) is 14.0. The molecular weight excluding hydrogens is 448 g/mol. The van der Waals surface area contributed by atoms with Crippen LogP contribution < -0.4 is 4.90 Å². The van der Waals surface area contributed by atoms with Crippen molar-refractivity contribution in [3.63, 3.8) is 0 Å². The van der Waals surface area contributed by atoms with Gasteiger partial charge in [-0.3, -0.25) is 4.79 Å². The van der Waals surface area contributed by atoms with Crippen molar-refractivity contribution < 1.29 is 19.1 Å². The molecule has 184 valence electrons. The Balaban J connectivity index is 1.62. The van der Waals surface area contributed by atoms with Crippen molar-refractivity contribution in [2.75, 3.05) is 31.1 Å². The number of nitrogens with zero attached hydrogens (tertiary/aromatic N) is 2. The molecule has 0 aromatic heterocycles. The summed E-state index contributed by atoms with van der Waals surface area (Å²) in [4.78, 5) is 31.2. The summed E-state index contributed by atoms with van der Waals surface area (Å²) in [5.41, 5.74) is 3.70. The van der Waals surface area contributed by atoms with E-state index in [4.69, 9.17) is 9.47 Å². The highest BCUT2D eigenvalue weighted by Crippen LogP contribution is 2.37. The minimum Gasteiger partial charge on any atom is -0.425 e. The summed E-state index contributed by atoms with van der Waals surface area (Å²) in [5.74, 6) is -0.763. The standard InChI is InChI=1S/C27H36N2O4S/c1-18(2)25(30)32-26(19(3)4)33-27(31)29-15-13-28(14-16-29)22-9-7-8-10-24(22)34-23-12-11-20(5)17-21(23)6/h7-12,17-19,26H,13-16H2,1-6H3. The Labute approximate surface area is 207 Å². The van der Waals surface area contributed by atoms with Gasteiger partial charge < -0.3 is 19.3 Å². The van der Waals surface area contributed by atoms with E-state index in [1.807, 2.05) is 13.8 Å². The van der Waals surface area contributed by atoms with Crippen molar-refractivity contribution in [2.45, 2.75) is 57.6 Å². The van der Waals surface area contributed by atoms with Gasteiger partial charge in [0.15, 0.2) is 0 Å². The van der Waals surface area contributed by atoms with Crippen molar-refractivity contribution in [1.82, 2.24) is 4.90 Å². The number of anilines is 1. The second kappa shape index (κ2) is 11.6. The number of rotatable bonds is 7. The second-order valence-electron chi connectivity index (χ2n) is 9.40. The molecule has 1 fully saturated rings. The zero-order valence-electron chi connectivity index (χ0n) is 21.0. The van der Waals surface area contributed by atoms with Crippen LogP contribution in [0.4, 0.5) is 10.5 Å². The molecule has 7 heteroatoms. The van der Waals surface area contributed by atoms with E-state index >= 15 is 0 Å². The van der Waals surface area contributed by atoms with Gasteiger partial charge in [0.25, 0.3) is 6.29 Å². The maximum Gasteiger partial charge on any atom is 0.412 e. The molecule has 1 aliphatic heterocycles. The molecular formula is C27H36N2O4S. The summed E-state index contributed by atoms with van der Waals surface area (Å²) >= 11 is 1.77. The summed E-state index contributed by atoms with van der Waals surface area (Å²) < 4.78 is 11.0. The quantitative estimate of drug-likeness (QED) is 0.361. The van der Waals surface area contributed by atoms with Gasteiger partial charge in [0.1, 0.15) is 0 Å². The van der Waals surface area contributed by atoms with E-state index in [0.29, 0.717) is 26.2 Å². The van der Waals surface area contributed by atoms with Gasteiger partial charge in [0, 0.05) is 41.9 Å². The van der Waals surface area contributed by atoms with Crippen molar-refractivity contribution in [2.24, 2.45) is 11.8 Å². The molecule has 34 heavy (non-hydrogen) atoms. The molecule has 0 radical (unpaired) electrons. The Morgan fingerprint density at radius 3 is 2.18 bits per heavy atom. The number of esters is 1. The molecule has 1 heterocycles. The molecule has 0 aliphatic carbocycles. The number of piperazine rings is 1. The van der Waals surface area contributed by atoms with E-state index in [1.165, 1.54) is 26.6 Å². The molecule has 6 nitrogen and oxygen atoms in total. The summed E-state index contributed by atoms with van der Waals surface area (Å²) in [7, 11) is 0. The third-order valence-electron chi connectivity index (χ3n) is 5.76. The summed E-state index contributed by atoms with van der Waals surface area (Å²) in [6.07, 6.45) is -1.32. The maximum absolute atomic E-state index is 12.8. The van der Waals surface area contributed by atoms with Gasteiger partial charge in [-0.25, -0.2) is 4.79 Å². The smallest absolute Gasteiger partial charge is 0.412 e. The van der Waals surface area contributed by atoms with Crippen molar-refractivity contribution >= 4 is 29.5 Å². The van der Waals surface area contributed by atoms with Crippen LogP contribution in [0.25, 0.3) is 0 Å². The van der Waals surface area contributed by atoms with E-state index in [-0.39, 0.29) is 17.8 Å². The topological polar surface area (TPSA) is 59.1 Å². The van der Waals surface area contributed by atoms with Crippen molar-refractivity contribution in [1.29, 1.82) is 0 Å². The summed E-state index contributed by atoms with van der Waals surface area (Å²) in [6, 6.07) is 14.9. The highest BCUT2D eigenvalue weighted by atomic mass is 32.2. The Morgan fingerprint density at radius 1 is 0.882 bits per heavy atom. The van der Waals surface area contributed by atoms with Crippen LogP contribution in [0.3, 0.4) is 0 Å². The van der Waals surface area contributed by atoms with E-state index in [9.17, 15) is 9.59 Å². The first-order valence-electron chi connectivity index (χ1n) is 11.9. The number of benzene rings is 2. The molecule has 1 aliphatic rings. The van der Waals surface area contributed by atoms with Gasteiger partial charge in [0.2, 0.25) is 0 Å². The van der Waals surface area contributed by atoms with Gasteiger partial charge in [-0.1, -0.05) is 69.3 Å². The Kier molecular flexibility index (Phi) is 8.89. The maximum atomic E-state index is 12.8. The molecule has 0 saturated carbocycles. The van der Waals surface area contributed by atoms with Crippen molar-refractivity contribution in [3.8, 4) is 0 Å². The van der Waals surface area contributed by atoms with Crippen LogP contribution >= 0.6 is 11.8 Å². The van der Waals surface area contributed by atoms with Gasteiger partial charge >= 0.3 is 12.1 Å². The fraction of sp³-hybridized carbons (Fsp3) is 0.481. The number of para-hydroxylation sites is 1. The number of ether oxygens (including phenoxy) is 2.